The Morgan fingerprint density at radius 1 is 1.17 bits per heavy atom. The molecule has 0 saturated carbocycles. The third-order valence-electron chi connectivity index (χ3n) is 2.68. The van der Waals surface area contributed by atoms with Crippen LogP contribution in [-0.2, 0) is 24.5 Å². The van der Waals surface area contributed by atoms with Crippen LogP contribution in [0.3, 0.4) is 0 Å². The fourth-order valence-electron chi connectivity index (χ4n) is 1.78. The van der Waals surface area contributed by atoms with Crippen LogP contribution in [0.15, 0.2) is 18.2 Å². The average molecular weight is 496 g/mol. The van der Waals surface area contributed by atoms with Crippen LogP contribution < -0.4 is 9.47 Å². The van der Waals surface area contributed by atoms with Gasteiger partial charge in [-0.05, 0) is 6.07 Å². The largest absolute Gasteiger partial charge is 0.488 e. The van der Waals surface area contributed by atoms with Gasteiger partial charge in [-0.2, -0.15) is 6.42 Å². The first-order valence-electron chi connectivity index (χ1n) is 7.33. The maximum atomic E-state index is 12.0. The molecule has 1 aliphatic heterocycles. The van der Waals surface area contributed by atoms with Crippen molar-refractivity contribution in [3.05, 3.63) is 44.0 Å². The molecule has 0 amide bonds. The monoisotopic (exact) mass is 497 g/mol. The van der Waals surface area contributed by atoms with Gasteiger partial charge in [0, 0.05) is 25.6 Å². The van der Waals surface area contributed by atoms with Crippen molar-refractivity contribution in [2.75, 3.05) is 26.4 Å². The van der Waals surface area contributed by atoms with Gasteiger partial charge in [0.15, 0.2) is 5.75 Å². The number of hydrogen-bond acceptors (Lipinski definition) is 4. The van der Waals surface area contributed by atoms with Crippen molar-refractivity contribution >= 4 is 5.78 Å². The van der Waals surface area contributed by atoms with Crippen LogP contribution in [0.5, 0.6) is 11.5 Å². The molecular formula is C18H25O4Os-3. The Morgan fingerprint density at radius 2 is 1.74 bits per heavy atom. The van der Waals surface area contributed by atoms with E-state index in [1.807, 2.05) is 20.8 Å². The molecule has 1 aromatic rings. The van der Waals surface area contributed by atoms with Gasteiger partial charge in [0.2, 0.25) is 0 Å². The summed E-state index contributed by atoms with van der Waals surface area (Å²) in [5.41, 5.74) is 0.522. The van der Waals surface area contributed by atoms with E-state index in [1.165, 1.54) is 0 Å². The number of ketones is 1. The minimum absolute atomic E-state index is 0. The third-order valence-corrected chi connectivity index (χ3v) is 2.68. The summed E-state index contributed by atoms with van der Waals surface area (Å²) in [4.78, 5) is 12.0. The maximum absolute atomic E-state index is 12.0. The van der Waals surface area contributed by atoms with E-state index in [9.17, 15) is 4.79 Å². The molecule has 0 bridgehead atoms. The molecule has 0 saturated heterocycles. The van der Waals surface area contributed by atoms with Crippen molar-refractivity contribution in [1.29, 1.82) is 0 Å². The van der Waals surface area contributed by atoms with Gasteiger partial charge >= 0.3 is 0 Å². The second kappa shape index (κ2) is 10.7. The normalized spacial score (nSPS) is 12.4. The number of ether oxygens (including phenoxy) is 3. The SMILES string of the molecule is CC(C)(C)[CH-]C(=O)c1ccc2c(c1)OCCO2.[CH2-]COC[CH2-].[Os]. The molecule has 0 fully saturated rings. The second-order valence-electron chi connectivity index (χ2n) is 5.85. The molecule has 0 N–H and O–H groups in total. The molecule has 1 heterocycles. The van der Waals surface area contributed by atoms with Crippen LogP contribution in [0.4, 0.5) is 0 Å². The van der Waals surface area contributed by atoms with Crippen molar-refractivity contribution in [3.8, 4) is 11.5 Å². The van der Waals surface area contributed by atoms with Gasteiger partial charge in [0.05, 0.1) is 0 Å². The van der Waals surface area contributed by atoms with Crippen molar-refractivity contribution in [2.24, 2.45) is 5.41 Å². The standard InChI is InChI=1S/C14H17O3.C4H8O.Os/c1-14(2,3)9-11(15)10-4-5-12-13(8-10)17-7-6-16-12;1-3-5-4-2;/h4-5,8-9H,6-7H2,1-3H3;1-4H2;/q-1;-2;. The van der Waals surface area contributed by atoms with Crippen LogP contribution in [0.1, 0.15) is 31.1 Å². The summed E-state index contributed by atoms with van der Waals surface area (Å²) >= 11 is 0. The molecule has 0 atom stereocenters. The van der Waals surface area contributed by atoms with E-state index in [1.54, 1.807) is 24.6 Å². The predicted octanol–water partition coefficient (Wildman–Crippen LogP) is 3.56. The number of Topliss-reactive ketones (excluding diaryl/α,β-unsaturated/α-hetero) is 1. The molecule has 0 spiro atoms. The maximum Gasteiger partial charge on any atom is 0.158 e. The van der Waals surface area contributed by atoms with Crippen LogP contribution >= 0.6 is 0 Å². The zero-order valence-electron chi connectivity index (χ0n) is 14.0. The molecule has 5 heteroatoms. The smallest absolute Gasteiger partial charge is 0.158 e. The topological polar surface area (TPSA) is 44.8 Å². The zero-order valence-corrected chi connectivity index (χ0v) is 16.6. The van der Waals surface area contributed by atoms with Crippen LogP contribution in [0.25, 0.3) is 0 Å². The molecule has 0 aliphatic carbocycles. The molecule has 1 aromatic carbocycles. The molecule has 1 aliphatic rings. The summed E-state index contributed by atoms with van der Waals surface area (Å²) in [6, 6.07) is 5.31. The number of carbonyl (C=O) groups excluding carboxylic acids is 1. The first-order chi connectivity index (χ1) is 10.4. The summed E-state index contributed by atoms with van der Waals surface area (Å²) in [5.74, 6) is 1.39. The molecule has 4 nitrogen and oxygen atoms in total. The van der Waals surface area contributed by atoms with E-state index < -0.39 is 0 Å². The van der Waals surface area contributed by atoms with Crippen LogP contribution in [0.2, 0.25) is 0 Å². The zero-order chi connectivity index (χ0) is 16.6. The summed E-state index contributed by atoms with van der Waals surface area (Å²) in [5, 5.41) is 0. The Morgan fingerprint density at radius 3 is 2.22 bits per heavy atom. The first-order valence-corrected chi connectivity index (χ1v) is 7.33. The molecular weight excluding hydrogens is 470 g/mol. The van der Waals surface area contributed by atoms with Gasteiger partial charge in [-0.25, -0.2) is 0 Å². The number of benzene rings is 1. The summed E-state index contributed by atoms with van der Waals surface area (Å²) in [6.45, 7) is 15.0. The molecule has 23 heavy (non-hydrogen) atoms. The summed E-state index contributed by atoms with van der Waals surface area (Å²) < 4.78 is 15.5. The van der Waals surface area contributed by atoms with E-state index in [0.29, 0.717) is 43.5 Å². The van der Waals surface area contributed by atoms with Crippen LogP contribution in [-0.4, -0.2) is 32.2 Å². The molecule has 132 valence electrons. The van der Waals surface area contributed by atoms with Crippen LogP contribution in [0, 0.1) is 25.7 Å². The Balaban J connectivity index is 0.000000709. The van der Waals surface area contributed by atoms with Gasteiger partial charge in [-0.3, -0.25) is 0 Å². The van der Waals surface area contributed by atoms with Crippen molar-refractivity contribution in [1.82, 2.24) is 0 Å². The quantitative estimate of drug-likeness (QED) is 0.473. The van der Waals surface area contributed by atoms with Gasteiger partial charge in [0.25, 0.3) is 0 Å². The minimum Gasteiger partial charge on any atom is -0.488 e. The van der Waals surface area contributed by atoms with Gasteiger partial charge < -0.3 is 32.9 Å². The second-order valence-corrected chi connectivity index (χ2v) is 5.85. The van der Waals surface area contributed by atoms with Gasteiger partial charge in [-0.15, -0.1) is 11.6 Å². The Labute approximate surface area is 152 Å². The molecule has 2 rings (SSSR count). The molecule has 0 unspecified atom stereocenters. The number of carbonyl (C=O) groups is 1. The van der Waals surface area contributed by atoms with Crippen molar-refractivity contribution in [2.45, 2.75) is 20.8 Å². The fourth-order valence-corrected chi connectivity index (χ4v) is 1.78. The molecule has 0 radical (unpaired) electrons. The van der Waals surface area contributed by atoms with E-state index in [2.05, 4.69) is 18.6 Å². The average Bonchev–Trinajstić information content (AvgIpc) is 2.46. The summed E-state index contributed by atoms with van der Waals surface area (Å²) in [7, 11) is 0. The predicted molar refractivity (Wildman–Crippen MR) is 87.1 cm³/mol. The number of hydrogen-bond donors (Lipinski definition) is 0. The van der Waals surface area contributed by atoms with Gasteiger partial charge in [0.1, 0.15) is 19.0 Å². The van der Waals surface area contributed by atoms with Crippen molar-refractivity contribution < 1.29 is 38.8 Å². The Bertz CT molecular complexity index is 478. The summed E-state index contributed by atoms with van der Waals surface area (Å²) in [6.07, 6.45) is 1.72. The number of rotatable bonds is 4. The van der Waals surface area contributed by atoms with E-state index in [-0.39, 0.29) is 31.0 Å². The molecule has 0 aromatic heterocycles. The van der Waals surface area contributed by atoms with E-state index in [0.717, 1.165) is 0 Å². The Hall–Kier alpha value is -1.04. The fraction of sp³-hybridized carbons (Fsp3) is 0.444. The first kappa shape index (κ1) is 22.0. The Kier molecular flexibility index (Phi) is 10.2. The van der Waals surface area contributed by atoms with Crippen molar-refractivity contribution in [3.63, 3.8) is 0 Å². The van der Waals surface area contributed by atoms with E-state index in [4.69, 9.17) is 9.47 Å². The van der Waals surface area contributed by atoms with Gasteiger partial charge in [-0.1, -0.05) is 45.5 Å². The minimum atomic E-state index is -0.121. The third kappa shape index (κ3) is 8.39. The number of fused-ring (bicyclic) bond motifs is 1. The van der Waals surface area contributed by atoms with E-state index >= 15 is 0 Å².